The first-order valence-electron chi connectivity index (χ1n) is 6.82. The van der Waals surface area contributed by atoms with Crippen LogP contribution in [-0.4, -0.2) is 23.9 Å². The third-order valence-corrected chi connectivity index (χ3v) is 4.34. The monoisotopic (exact) mass is 339 g/mol. The van der Waals surface area contributed by atoms with E-state index < -0.39 is 0 Å². The normalized spacial score (nSPS) is 17.1. The predicted octanol–water partition coefficient (Wildman–Crippen LogP) is 3.65. The Kier molecular flexibility index (Phi) is 4.08. The topological polar surface area (TPSA) is 61.7 Å². The summed E-state index contributed by atoms with van der Waals surface area (Å²) in [5.74, 6) is 0.277. The van der Waals surface area contributed by atoms with Gasteiger partial charge >= 0.3 is 0 Å². The number of hydrogen-bond acceptors (Lipinski definition) is 4. The molecule has 0 spiro atoms. The lowest BCUT2D eigenvalue weighted by Gasteiger charge is -2.29. The minimum atomic E-state index is -0.221. The van der Waals surface area contributed by atoms with Gasteiger partial charge in [-0.1, -0.05) is 23.2 Å². The van der Waals surface area contributed by atoms with E-state index in [9.17, 15) is 10.2 Å². The van der Waals surface area contributed by atoms with E-state index in [0.717, 1.165) is 29.7 Å². The molecule has 116 valence electrons. The molecule has 3 rings (SSSR count). The molecule has 0 aliphatic carbocycles. The Labute approximate surface area is 138 Å². The minimum Gasteiger partial charge on any atom is -0.504 e. The first-order chi connectivity index (χ1) is 10.5. The first kappa shape index (κ1) is 15.3. The highest BCUT2D eigenvalue weighted by atomic mass is 35.5. The van der Waals surface area contributed by atoms with Gasteiger partial charge in [0.1, 0.15) is 5.75 Å². The van der Waals surface area contributed by atoms with Gasteiger partial charge in [0.2, 0.25) is 0 Å². The Morgan fingerprint density at radius 2 is 1.82 bits per heavy atom. The van der Waals surface area contributed by atoms with Crippen molar-refractivity contribution in [3.05, 3.63) is 51.0 Å². The van der Waals surface area contributed by atoms with Gasteiger partial charge in [-0.25, -0.2) is 0 Å². The zero-order chi connectivity index (χ0) is 15.9. The van der Waals surface area contributed by atoms with E-state index in [4.69, 9.17) is 27.9 Å². The van der Waals surface area contributed by atoms with Gasteiger partial charge in [0.25, 0.3) is 0 Å². The molecule has 0 fully saturated rings. The van der Waals surface area contributed by atoms with Crippen LogP contribution < -0.4 is 10.1 Å². The molecule has 1 aliphatic rings. The lowest BCUT2D eigenvalue weighted by molar-refractivity contribution is 0.395. The molecule has 0 amide bonds. The maximum Gasteiger partial charge on any atom is 0.157 e. The van der Waals surface area contributed by atoms with E-state index in [2.05, 4.69) is 5.32 Å². The van der Waals surface area contributed by atoms with Crippen LogP contribution in [0.4, 0.5) is 0 Å². The molecule has 0 aromatic heterocycles. The van der Waals surface area contributed by atoms with Crippen molar-refractivity contribution in [3.63, 3.8) is 0 Å². The molecule has 2 aromatic rings. The molecule has 6 heteroatoms. The number of hydrogen-bond donors (Lipinski definition) is 3. The Bertz CT molecular complexity index is 734. The maximum absolute atomic E-state index is 9.81. The van der Waals surface area contributed by atoms with Crippen molar-refractivity contribution in [1.82, 2.24) is 5.32 Å². The van der Waals surface area contributed by atoms with Crippen molar-refractivity contribution in [2.24, 2.45) is 0 Å². The average Bonchev–Trinajstić information content (AvgIpc) is 2.47. The zero-order valence-corrected chi connectivity index (χ0v) is 13.4. The molecule has 0 bridgehead atoms. The summed E-state index contributed by atoms with van der Waals surface area (Å²) < 4.78 is 5.41. The van der Waals surface area contributed by atoms with Gasteiger partial charge in [0.05, 0.1) is 18.2 Å². The quantitative estimate of drug-likeness (QED) is 0.731. The summed E-state index contributed by atoms with van der Waals surface area (Å²) in [6.45, 7) is 0.731. The van der Waals surface area contributed by atoms with E-state index in [-0.39, 0.29) is 17.5 Å². The number of phenolic OH excluding ortho intramolecular Hbond substituents is 2. The number of ether oxygens (including phenoxy) is 1. The number of fused-ring (bicyclic) bond motifs is 1. The fourth-order valence-corrected chi connectivity index (χ4v) is 3.46. The molecule has 0 saturated carbocycles. The highest BCUT2D eigenvalue weighted by Gasteiger charge is 2.27. The fraction of sp³-hybridized carbons (Fsp3) is 0.250. The predicted molar refractivity (Wildman–Crippen MR) is 86.3 cm³/mol. The van der Waals surface area contributed by atoms with E-state index >= 15 is 0 Å². The fourth-order valence-electron chi connectivity index (χ4n) is 2.87. The standard InChI is InChI=1S/C16H15Cl2NO3/c1-22-16-11(5-9(17)6-12(16)18)15-10-7-14(21)13(20)4-8(10)2-3-19-15/h4-7,15,19-21H,2-3H2,1H3. The first-order valence-corrected chi connectivity index (χ1v) is 7.58. The summed E-state index contributed by atoms with van der Waals surface area (Å²) in [5, 5.41) is 23.8. The Hall–Kier alpha value is -1.62. The number of phenols is 2. The van der Waals surface area contributed by atoms with Crippen LogP contribution in [0.25, 0.3) is 0 Å². The summed E-state index contributed by atoms with van der Waals surface area (Å²) >= 11 is 12.3. The van der Waals surface area contributed by atoms with Crippen LogP contribution in [0.1, 0.15) is 22.7 Å². The molecule has 0 radical (unpaired) electrons. The van der Waals surface area contributed by atoms with Crippen molar-refractivity contribution < 1.29 is 14.9 Å². The molecule has 3 N–H and O–H groups in total. The van der Waals surface area contributed by atoms with Crippen LogP contribution in [0.15, 0.2) is 24.3 Å². The van der Waals surface area contributed by atoms with Crippen LogP contribution in [0.2, 0.25) is 10.0 Å². The van der Waals surface area contributed by atoms with Gasteiger partial charge in [-0.3, -0.25) is 0 Å². The molecule has 22 heavy (non-hydrogen) atoms. The molecular weight excluding hydrogens is 325 g/mol. The summed E-state index contributed by atoms with van der Waals surface area (Å²) in [7, 11) is 1.55. The van der Waals surface area contributed by atoms with Crippen molar-refractivity contribution in [2.45, 2.75) is 12.5 Å². The van der Waals surface area contributed by atoms with E-state index in [1.54, 1.807) is 31.4 Å². The molecule has 4 nitrogen and oxygen atoms in total. The van der Waals surface area contributed by atoms with Crippen molar-refractivity contribution in [2.75, 3.05) is 13.7 Å². The molecule has 1 heterocycles. The summed E-state index contributed by atoms with van der Waals surface area (Å²) in [6, 6.07) is 6.36. The number of rotatable bonds is 2. The second-order valence-electron chi connectivity index (χ2n) is 5.19. The molecule has 2 aromatic carbocycles. The average molecular weight is 340 g/mol. The third kappa shape index (κ3) is 2.58. The van der Waals surface area contributed by atoms with Crippen molar-refractivity contribution in [3.8, 4) is 17.2 Å². The van der Waals surface area contributed by atoms with E-state index in [1.807, 2.05) is 0 Å². The zero-order valence-electron chi connectivity index (χ0n) is 11.9. The van der Waals surface area contributed by atoms with Gasteiger partial charge < -0.3 is 20.3 Å². The SMILES string of the molecule is COc1c(Cl)cc(Cl)cc1C1NCCc2cc(O)c(O)cc21. The second kappa shape index (κ2) is 5.88. The highest BCUT2D eigenvalue weighted by Crippen LogP contribution is 2.42. The number of aromatic hydroxyl groups is 2. The van der Waals surface area contributed by atoms with Gasteiger partial charge in [-0.2, -0.15) is 0 Å². The summed E-state index contributed by atoms with van der Waals surface area (Å²) in [6.07, 6.45) is 0.760. The van der Waals surface area contributed by atoms with Crippen LogP contribution >= 0.6 is 23.2 Å². The van der Waals surface area contributed by atoms with Crippen LogP contribution in [0.3, 0.4) is 0 Å². The number of methoxy groups -OCH3 is 1. The molecule has 1 unspecified atom stereocenters. The van der Waals surface area contributed by atoms with Crippen molar-refractivity contribution in [1.29, 1.82) is 0 Å². The van der Waals surface area contributed by atoms with Crippen LogP contribution in [0, 0.1) is 0 Å². The number of benzene rings is 2. The summed E-state index contributed by atoms with van der Waals surface area (Å²) in [4.78, 5) is 0. The largest absolute Gasteiger partial charge is 0.504 e. The van der Waals surface area contributed by atoms with Gasteiger partial charge in [-0.15, -0.1) is 0 Å². The van der Waals surface area contributed by atoms with E-state index in [0.29, 0.717) is 15.8 Å². The molecule has 1 atom stereocenters. The molecule has 0 saturated heterocycles. The lowest BCUT2D eigenvalue weighted by atomic mass is 9.89. The Balaban J connectivity index is 2.18. The second-order valence-corrected chi connectivity index (χ2v) is 6.03. The number of halogens is 2. The Morgan fingerprint density at radius 1 is 1.09 bits per heavy atom. The summed E-state index contributed by atoms with van der Waals surface area (Å²) in [5.41, 5.74) is 2.64. The van der Waals surface area contributed by atoms with Gasteiger partial charge in [0.15, 0.2) is 11.5 Å². The maximum atomic E-state index is 9.81. The van der Waals surface area contributed by atoms with Crippen molar-refractivity contribution >= 4 is 23.2 Å². The van der Waals surface area contributed by atoms with Gasteiger partial charge in [0, 0.05) is 17.1 Å². The van der Waals surface area contributed by atoms with E-state index in [1.165, 1.54) is 0 Å². The minimum absolute atomic E-state index is 0.115. The van der Waals surface area contributed by atoms with Crippen LogP contribution in [0.5, 0.6) is 17.2 Å². The molecule has 1 aliphatic heterocycles. The molecular formula is C16H15Cl2NO3. The highest BCUT2D eigenvalue weighted by molar-refractivity contribution is 6.35. The number of nitrogens with one attached hydrogen (secondary N) is 1. The third-order valence-electron chi connectivity index (χ3n) is 3.84. The van der Waals surface area contributed by atoms with Crippen LogP contribution in [-0.2, 0) is 6.42 Å². The smallest absolute Gasteiger partial charge is 0.157 e. The lowest BCUT2D eigenvalue weighted by Crippen LogP contribution is -2.30. The Morgan fingerprint density at radius 3 is 2.55 bits per heavy atom. The van der Waals surface area contributed by atoms with Gasteiger partial charge in [-0.05, 0) is 41.8 Å².